The Morgan fingerprint density at radius 3 is 2.56 bits per heavy atom. The molecule has 1 fully saturated rings. The van der Waals surface area contributed by atoms with Crippen LogP contribution in [0.2, 0.25) is 0 Å². The second-order valence-corrected chi connectivity index (χ2v) is 9.99. The smallest absolute Gasteiger partial charge is 0.359 e. The Hall–Kier alpha value is -2.94. The Kier molecular flexibility index (Phi) is 7.82. The van der Waals surface area contributed by atoms with Gasteiger partial charge in [-0.2, -0.15) is 14.3 Å². The fraction of sp³-hybridized carbons (Fsp3) is 0.480. The van der Waals surface area contributed by atoms with Crippen LogP contribution in [0.1, 0.15) is 31.2 Å². The zero-order valence-corrected chi connectivity index (χ0v) is 20.2. The van der Waals surface area contributed by atoms with Gasteiger partial charge in [-0.05, 0) is 55.1 Å². The molecule has 9 heteroatoms. The van der Waals surface area contributed by atoms with E-state index < -0.39 is 11.3 Å². The quantitative estimate of drug-likeness (QED) is 0.551. The number of amides is 5. The van der Waals surface area contributed by atoms with Gasteiger partial charge >= 0.3 is 11.9 Å². The van der Waals surface area contributed by atoms with Crippen LogP contribution >= 0.6 is 11.8 Å². The van der Waals surface area contributed by atoms with Gasteiger partial charge in [-0.3, -0.25) is 9.59 Å². The SMILES string of the molecule is CNC(=O)C1CCC(CN2C(=O)C3SC=CC3=[N+](CC(=O)NCCc3ccccc3)C2=O)CC1. The third kappa shape index (κ3) is 5.41. The summed E-state index contributed by atoms with van der Waals surface area (Å²) in [6.07, 6.45) is 5.56. The standard InChI is InChI=1S/C25H30N4O4S/c1-26-23(31)19-9-7-18(8-10-19)15-29-24(32)22-20(12-14-34-22)28(25(29)33)16-21(30)27-13-11-17-5-3-2-4-6-17/h2-6,12,14,18-19,22H,7-11,13,15-16H2,1H3,(H-,26,27,30,31)/p+1. The Morgan fingerprint density at radius 1 is 1.12 bits per heavy atom. The van der Waals surface area contributed by atoms with E-state index in [4.69, 9.17) is 0 Å². The van der Waals surface area contributed by atoms with Crippen LogP contribution in [-0.2, 0) is 20.8 Å². The number of thioether (sulfide) groups is 1. The van der Waals surface area contributed by atoms with Crippen molar-refractivity contribution in [3.8, 4) is 0 Å². The van der Waals surface area contributed by atoms with Crippen LogP contribution in [0.5, 0.6) is 0 Å². The summed E-state index contributed by atoms with van der Waals surface area (Å²) in [5, 5.41) is 6.91. The molecule has 5 amide bonds. The minimum Gasteiger partial charge on any atom is -0.359 e. The molecular formula is C25H31N4O4S+. The van der Waals surface area contributed by atoms with Crippen molar-refractivity contribution in [1.82, 2.24) is 15.5 Å². The van der Waals surface area contributed by atoms with Crippen LogP contribution in [0.4, 0.5) is 4.79 Å². The number of fused-ring (bicyclic) bond motifs is 1. The van der Waals surface area contributed by atoms with Gasteiger partial charge in [-0.15, -0.1) is 11.8 Å². The molecule has 0 radical (unpaired) electrons. The Labute approximate surface area is 203 Å². The van der Waals surface area contributed by atoms with Gasteiger partial charge in [0.15, 0.2) is 11.8 Å². The van der Waals surface area contributed by atoms with Gasteiger partial charge in [0, 0.05) is 19.5 Å². The second kappa shape index (κ2) is 11.0. The van der Waals surface area contributed by atoms with Crippen molar-refractivity contribution in [2.45, 2.75) is 37.4 Å². The molecule has 2 aliphatic heterocycles. The van der Waals surface area contributed by atoms with Crippen molar-refractivity contribution in [2.24, 2.45) is 11.8 Å². The minimum absolute atomic E-state index is 0.000358. The highest BCUT2D eigenvalue weighted by molar-refractivity contribution is 8.04. The molecule has 0 bridgehead atoms. The molecule has 1 atom stereocenters. The highest BCUT2D eigenvalue weighted by atomic mass is 32.2. The summed E-state index contributed by atoms with van der Waals surface area (Å²) in [7, 11) is 1.65. The topological polar surface area (TPSA) is 98.6 Å². The fourth-order valence-corrected chi connectivity index (χ4v) is 5.80. The first-order valence-electron chi connectivity index (χ1n) is 11.8. The number of benzene rings is 1. The van der Waals surface area contributed by atoms with Crippen molar-refractivity contribution in [2.75, 3.05) is 26.7 Å². The monoisotopic (exact) mass is 483 g/mol. The lowest BCUT2D eigenvalue weighted by atomic mass is 9.81. The molecule has 2 N–H and O–H groups in total. The first kappa shape index (κ1) is 24.2. The van der Waals surface area contributed by atoms with Crippen molar-refractivity contribution < 1.29 is 23.8 Å². The van der Waals surface area contributed by atoms with E-state index in [1.807, 2.05) is 35.7 Å². The highest BCUT2D eigenvalue weighted by Gasteiger charge is 2.50. The number of allylic oxidation sites excluding steroid dienone is 1. The number of nitrogens with one attached hydrogen (secondary N) is 2. The van der Waals surface area contributed by atoms with Gasteiger partial charge in [-0.25, -0.2) is 4.79 Å². The maximum absolute atomic E-state index is 13.3. The summed E-state index contributed by atoms with van der Waals surface area (Å²) >= 11 is 1.37. The lowest BCUT2D eigenvalue weighted by molar-refractivity contribution is -0.426. The molecule has 1 aliphatic carbocycles. The van der Waals surface area contributed by atoms with Gasteiger partial charge < -0.3 is 10.6 Å². The van der Waals surface area contributed by atoms with Crippen LogP contribution in [0, 0.1) is 11.8 Å². The maximum atomic E-state index is 13.3. The number of rotatable bonds is 8. The van der Waals surface area contributed by atoms with E-state index >= 15 is 0 Å². The van der Waals surface area contributed by atoms with Crippen LogP contribution in [0.25, 0.3) is 0 Å². The molecule has 8 nitrogen and oxygen atoms in total. The summed E-state index contributed by atoms with van der Waals surface area (Å²) < 4.78 is 1.44. The average Bonchev–Trinajstić information content (AvgIpc) is 3.35. The predicted octanol–water partition coefficient (Wildman–Crippen LogP) is 1.94. The Bertz CT molecular complexity index is 1020. The van der Waals surface area contributed by atoms with Gasteiger partial charge in [0.2, 0.25) is 5.91 Å². The Balaban J connectivity index is 1.38. The van der Waals surface area contributed by atoms with E-state index in [9.17, 15) is 19.2 Å². The summed E-state index contributed by atoms with van der Waals surface area (Å²) in [5.74, 6) is -0.248. The summed E-state index contributed by atoms with van der Waals surface area (Å²) in [6, 6.07) is 9.45. The van der Waals surface area contributed by atoms with Crippen molar-refractivity contribution in [3.63, 3.8) is 0 Å². The molecular weight excluding hydrogens is 452 g/mol. The van der Waals surface area contributed by atoms with E-state index in [-0.39, 0.29) is 36.1 Å². The first-order chi connectivity index (χ1) is 16.5. The van der Waals surface area contributed by atoms with Crippen molar-refractivity contribution in [1.29, 1.82) is 0 Å². The van der Waals surface area contributed by atoms with Gasteiger partial charge in [0.25, 0.3) is 5.91 Å². The largest absolute Gasteiger partial charge is 0.501 e. The predicted molar refractivity (Wildman–Crippen MR) is 130 cm³/mol. The molecule has 0 aromatic heterocycles. The third-order valence-electron chi connectivity index (χ3n) is 6.77. The van der Waals surface area contributed by atoms with Crippen molar-refractivity contribution in [3.05, 3.63) is 47.4 Å². The first-order valence-corrected chi connectivity index (χ1v) is 12.8. The number of urea groups is 1. The number of hydrogen-bond acceptors (Lipinski definition) is 5. The molecule has 0 saturated heterocycles. The summed E-state index contributed by atoms with van der Waals surface area (Å²) in [6.45, 7) is 0.692. The van der Waals surface area contributed by atoms with Crippen LogP contribution in [0.3, 0.4) is 0 Å². The number of carbonyl (C=O) groups is 4. The summed E-state index contributed by atoms with van der Waals surface area (Å²) in [4.78, 5) is 52.3. The highest BCUT2D eigenvalue weighted by Crippen LogP contribution is 2.32. The maximum Gasteiger partial charge on any atom is 0.501 e. The zero-order chi connectivity index (χ0) is 24.1. The Morgan fingerprint density at radius 2 is 1.85 bits per heavy atom. The molecule has 2 heterocycles. The molecule has 1 aromatic carbocycles. The summed E-state index contributed by atoms with van der Waals surface area (Å²) in [5.41, 5.74) is 1.71. The van der Waals surface area contributed by atoms with Crippen molar-refractivity contribution >= 4 is 41.2 Å². The van der Waals surface area contributed by atoms with E-state index in [2.05, 4.69) is 10.6 Å². The minimum atomic E-state index is -0.489. The molecule has 1 unspecified atom stereocenters. The molecule has 180 valence electrons. The van der Waals surface area contributed by atoms with E-state index in [0.29, 0.717) is 25.2 Å². The second-order valence-electron chi connectivity index (χ2n) is 8.98. The van der Waals surface area contributed by atoms with Gasteiger partial charge in [-0.1, -0.05) is 30.3 Å². The van der Waals surface area contributed by atoms with E-state index in [0.717, 1.165) is 31.2 Å². The molecule has 4 rings (SSSR count). The normalized spacial score (nSPS) is 24.3. The zero-order valence-electron chi connectivity index (χ0n) is 19.4. The molecule has 3 aliphatic rings. The van der Waals surface area contributed by atoms with E-state index in [1.165, 1.54) is 21.2 Å². The lowest BCUT2D eigenvalue weighted by Crippen LogP contribution is -2.57. The molecule has 1 aromatic rings. The number of carbonyl (C=O) groups excluding carboxylic acids is 4. The van der Waals surface area contributed by atoms with Gasteiger partial charge in [0.05, 0.1) is 0 Å². The van der Waals surface area contributed by atoms with Gasteiger partial charge in [0.1, 0.15) is 12.3 Å². The van der Waals surface area contributed by atoms with Crippen LogP contribution < -0.4 is 10.6 Å². The molecule has 0 spiro atoms. The third-order valence-corrected chi connectivity index (χ3v) is 7.78. The van der Waals surface area contributed by atoms with Crippen LogP contribution in [0.15, 0.2) is 41.8 Å². The molecule has 34 heavy (non-hydrogen) atoms. The molecule has 1 saturated carbocycles. The number of imide groups is 1. The fourth-order valence-electron chi connectivity index (χ4n) is 4.84. The van der Waals surface area contributed by atoms with Crippen LogP contribution in [-0.4, -0.2) is 70.9 Å². The number of nitrogens with zero attached hydrogens (tertiary/aromatic N) is 2. The van der Waals surface area contributed by atoms with E-state index in [1.54, 1.807) is 13.1 Å². The lowest BCUT2D eigenvalue weighted by Gasteiger charge is -2.30. The average molecular weight is 484 g/mol. The number of hydrogen-bond donors (Lipinski definition) is 2.